The fraction of sp³-hybridized carbons (Fsp3) is 0.765. The number of alkyl halides is 6. The van der Waals surface area contributed by atoms with Crippen molar-refractivity contribution in [1.29, 1.82) is 0 Å². The van der Waals surface area contributed by atoms with Crippen molar-refractivity contribution in [3.05, 3.63) is 0 Å². The largest absolute Gasteiger partial charge is 0.471 e. The molecule has 1 unspecified atom stereocenters. The summed E-state index contributed by atoms with van der Waals surface area (Å²) < 4.78 is 76.7. The molecule has 0 spiro atoms. The van der Waals surface area contributed by atoms with Gasteiger partial charge in [-0.1, -0.05) is 6.42 Å². The SMILES string of the molecule is COC(=O)C(CCCCNC(=O)C(F)(F)F)NC(=O)CCCCCNC(=O)C(F)(F)F. The number of carbonyl (C=O) groups excluding carboxylic acids is 4. The number of halogens is 6. The summed E-state index contributed by atoms with van der Waals surface area (Å²) >= 11 is 0. The van der Waals surface area contributed by atoms with E-state index in [0.29, 0.717) is 12.8 Å². The lowest BCUT2D eigenvalue weighted by Crippen LogP contribution is -2.41. The Balaban J connectivity index is 4.13. The predicted molar refractivity (Wildman–Crippen MR) is 94.4 cm³/mol. The summed E-state index contributed by atoms with van der Waals surface area (Å²) in [5.41, 5.74) is 0. The van der Waals surface area contributed by atoms with Crippen molar-refractivity contribution in [3.63, 3.8) is 0 Å². The number of nitrogens with one attached hydrogen (secondary N) is 3. The maximum Gasteiger partial charge on any atom is 0.471 e. The Labute approximate surface area is 174 Å². The summed E-state index contributed by atoms with van der Waals surface area (Å²) in [6.07, 6.45) is -8.66. The predicted octanol–water partition coefficient (Wildman–Crippen LogP) is 1.73. The minimum absolute atomic E-state index is 0.0254. The van der Waals surface area contributed by atoms with Crippen LogP contribution in [-0.2, 0) is 23.9 Å². The number of methoxy groups -OCH3 is 1. The van der Waals surface area contributed by atoms with Crippen LogP contribution in [-0.4, -0.2) is 62.3 Å². The Morgan fingerprint density at radius 3 is 1.71 bits per heavy atom. The zero-order valence-corrected chi connectivity index (χ0v) is 16.8. The molecule has 0 bridgehead atoms. The van der Waals surface area contributed by atoms with Gasteiger partial charge in [0.15, 0.2) is 0 Å². The molecule has 0 radical (unpaired) electrons. The Kier molecular flexibility index (Phi) is 12.6. The molecule has 3 N–H and O–H groups in total. The van der Waals surface area contributed by atoms with Gasteiger partial charge in [0, 0.05) is 19.5 Å². The van der Waals surface area contributed by atoms with Crippen LogP contribution >= 0.6 is 0 Å². The van der Waals surface area contributed by atoms with Gasteiger partial charge in [-0.25, -0.2) is 4.79 Å². The van der Waals surface area contributed by atoms with Crippen LogP contribution in [0.3, 0.4) is 0 Å². The quantitative estimate of drug-likeness (QED) is 0.218. The molecule has 0 aromatic heterocycles. The first kappa shape index (κ1) is 28.5. The molecule has 0 saturated carbocycles. The number of hydrogen-bond acceptors (Lipinski definition) is 5. The highest BCUT2D eigenvalue weighted by Gasteiger charge is 2.38. The van der Waals surface area contributed by atoms with Crippen LogP contribution in [0.2, 0.25) is 0 Å². The lowest BCUT2D eigenvalue weighted by atomic mass is 10.1. The highest BCUT2D eigenvalue weighted by atomic mass is 19.4. The second kappa shape index (κ2) is 13.7. The third-order valence-corrected chi connectivity index (χ3v) is 3.91. The number of esters is 1. The van der Waals surface area contributed by atoms with E-state index in [1.807, 2.05) is 0 Å². The van der Waals surface area contributed by atoms with E-state index in [1.54, 1.807) is 10.6 Å². The summed E-state index contributed by atoms with van der Waals surface area (Å²) in [5.74, 6) is -5.37. The van der Waals surface area contributed by atoms with Crippen LogP contribution in [0.25, 0.3) is 0 Å². The molecule has 0 aliphatic carbocycles. The summed E-state index contributed by atoms with van der Waals surface area (Å²) in [6.45, 7) is -0.458. The van der Waals surface area contributed by atoms with Crippen molar-refractivity contribution in [1.82, 2.24) is 16.0 Å². The highest BCUT2D eigenvalue weighted by molar-refractivity contribution is 5.84. The Morgan fingerprint density at radius 1 is 0.774 bits per heavy atom. The number of rotatable bonds is 13. The molecule has 0 aromatic carbocycles. The van der Waals surface area contributed by atoms with Gasteiger partial charge in [0.25, 0.3) is 0 Å². The summed E-state index contributed by atoms with van der Waals surface area (Å²) in [5, 5.41) is 5.81. The maximum atomic E-state index is 12.1. The number of carbonyl (C=O) groups is 4. The molecule has 180 valence electrons. The summed E-state index contributed by atoms with van der Waals surface area (Å²) in [7, 11) is 1.10. The van der Waals surface area contributed by atoms with E-state index < -0.39 is 42.1 Å². The van der Waals surface area contributed by atoms with E-state index in [0.717, 1.165) is 7.11 Å². The van der Waals surface area contributed by atoms with Crippen LogP contribution in [0.15, 0.2) is 0 Å². The van der Waals surface area contributed by atoms with Crippen LogP contribution < -0.4 is 16.0 Å². The molecule has 0 aliphatic rings. The molecule has 0 rings (SSSR count). The summed E-state index contributed by atoms with van der Waals surface area (Å²) in [4.78, 5) is 44.9. The van der Waals surface area contributed by atoms with Crippen molar-refractivity contribution >= 4 is 23.7 Å². The van der Waals surface area contributed by atoms with E-state index in [9.17, 15) is 45.5 Å². The minimum Gasteiger partial charge on any atom is -0.467 e. The molecule has 0 saturated heterocycles. The molecule has 14 heteroatoms. The molecule has 31 heavy (non-hydrogen) atoms. The van der Waals surface area contributed by atoms with Gasteiger partial charge in [-0.05, 0) is 32.1 Å². The van der Waals surface area contributed by atoms with Gasteiger partial charge in [-0.3, -0.25) is 14.4 Å². The summed E-state index contributed by atoms with van der Waals surface area (Å²) in [6, 6.07) is -1.03. The van der Waals surface area contributed by atoms with Gasteiger partial charge in [-0.15, -0.1) is 0 Å². The molecule has 3 amide bonds. The van der Waals surface area contributed by atoms with Crippen molar-refractivity contribution in [2.75, 3.05) is 20.2 Å². The molecule has 0 aromatic rings. The van der Waals surface area contributed by atoms with Gasteiger partial charge in [0.05, 0.1) is 7.11 Å². The van der Waals surface area contributed by atoms with E-state index in [4.69, 9.17) is 0 Å². The van der Waals surface area contributed by atoms with E-state index >= 15 is 0 Å². The Bertz CT molecular complexity index is 610. The van der Waals surface area contributed by atoms with Crippen LogP contribution in [0.1, 0.15) is 44.9 Å². The first-order chi connectivity index (χ1) is 14.3. The van der Waals surface area contributed by atoms with E-state index in [1.165, 1.54) is 0 Å². The third-order valence-electron chi connectivity index (χ3n) is 3.91. The standard InChI is InChI=1S/C17H25F6N3O5/c1-31-13(28)11(7-4-6-10-25-15(30)17(21,22)23)26-12(27)8-3-2-5-9-24-14(29)16(18,19)20/h11H,2-10H2,1H3,(H,24,29)(H,25,30)(H,26,27). The molecule has 1 atom stereocenters. The lowest BCUT2D eigenvalue weighted by molar-refractivity contribution is -0.173. The topological polar surface area (TPSA) is 114 Å². The van der Waals surface area contributed by atoms with Crippen molar-refractivity contribution in [2.24, 2.45) is 0 Å². The average molecular weight is 465 g/mol. The lowest BCUT2D eigenvalue weighted by Gasteiger charge is -2.16. The van der Waals surface area contributed by atoms with Crippen molar-refractivity contribution in [3.8, 4) is 0 Å². The normalized spacial score (nSPS) is 12.6. The van der Waals surface area contributed by atoms with Gasteiger partial charge in [0.2, 0.25) is 5.91 Å². The average Bonchev–Trinajstić information content (AvgIpc) is 2.66. The second-order valence-electron chi connectivity index (χ2n) is 6.46. The van der Waals surface area contributed by atoms with Gasteiger partial charge in [-0.2, -0.15) is 26.3 Å². The van der Waals surface area contributed by atoms with Crippen molar-refractivity contribution in [2.45, 2.75) is 63.3 Å². The number of ether oxygens (including phenoxy) is 1. The molecular formula is C17H25F6N3O5. The third kappa shape index (κ3) is 13.4. The zero-order valence-electron chi connectivity index (χ0n) is 16.8. The molecule has 0 heterocycles. The monoisotopic (exact) mass is 465 g/mol. The maximum absolute atomic E-state index is 12.1. The van der Waals surface area contributed by atoms with Crippen LogP contribution in [0, 0.1) is 0 Å². The van der Waals surface area contributed by atoms with Crippen LogP contribution in [0.5, 0.6) is 0 Å². The number of unbranched alkanes of at least 4 members (excludes halogenated alkanes) is 3. The first-order valence-corrected chi connectivity index (χ1v) is 9.36. The van der Waals surface area contributed by atoms with Gasteiger partial charge >= 0.3 is 30.1 Å². The minimum atomic E-state index is -4.98. The molecule has 8 nitrogen and oxygen atoms in total. The first-order valence-electron chi connectivity index (χ1n) is 9.36. The molecule has 0 aliphatic heterocycles. The van der Waals surface area contributed by atoms with Crippen molar-refractivity contribution < 1.29 is 50.3 Å². The Morgan fingerprint density at radius 2 is 1.26 bits per heavy atom. The van der Waals surface area contributed by atoms with Crippen LogP contribution in [0.4, 0.5) is 26.3 Å². The van der Waals surface area contributed by atoms with Gasteiger partial charge < -0.3 is 20.7 Å². The Hall–Kier alpha value is -2.54. The second-order valence-corrected chi connectivity index (χ2v) is 6.46. The number of amides is 3. The zero-order chi connectivity index (χ0) is 24.1. The fourth-order valence-corrected chi connectivity index (χ4v) is 2.32. The van der Waals surface area contributed by atoms with Gasteiger partial charge in [0.1, 0.15) is 6.04 Å². The van der Waals surface area contributed by atoms with E-state index in [2.05, 4.69) is 10.1 Å². The molecule has 0 fully saturated rings. The fourth-order valence-electron chi connectivity index (χ4n) is 2.32. The van der Waals surface area contributed by atoms with E-state index in [-0.39, 0.29) is 45.2 Å². The highest BCUT2D eigenvalue weighted by Crippen LogP contribution is 2.15. The number of hydrogen-bond donors (Lipinski definition) is 3. The molecular weight excluding hydrogens is 440 g/mol. The smallest absolute Gasteiger partial charge is 0.467 e.